The van der Waals surface area contributed by atoms with Crippen LogP contribution >= 0.6 is 11.6 Å². The third-order valence-electron chi connectivity index (χ3n) is 6.20. The summed E-state index contributed by atoms with van der Waals surface area (Å²) in [6.45, 7) is 3.80. The maximum atomic E-state index is 15.0. The van der Waals surface area contributed by atoms with E-state index in [0.29, 0.717) is 5.69 Å². The Kier molecular flexibility index (Phi) is 7.06. The standard InChI is InChI=1S/C24H25ClF2N4O2S/c1-16(17-7-4-3-5-8-17)31-12-11-18(15-31)30(2)21-14-20(26)22(13-19(21)25)34(32,33)29-24-10-6-9-23(27)28-24/h3-10,13-14,16,18H,11-12,15H2,1-2H3,(H,28,29)/t16-,18-/m0/s1. The van der Waals surface area contributed by atoms with Gasteiger partial charge in [0.2, 0.25) is 5.95 Å². The van der Waals surface area contributed by atoms with Crippen LogP contribution in [0.2, 0.25) is 5.02 Å². The average molecular weight is 507 g/mol. The number of likely N-dealkylation sites (tertiary alicyclic amines) is 1. The predicted molar refractivity (Wildman–Crippen MR) is 130 cm³/mol. The van der Waals surface area contributed by atoms with Gasteiger partial charge in [0.1, 0.15) is 16.5 Å². The number of hydrogen-bond acceptors (Lipinski definition) is 5. The number of pyridine rings is 1. The molecule has 4 rings (SSSR count). The zero-order chi connectivity index (χ0) is 24.5. The number of benzene rings is 2. The normalized spacial score (nSPS) is 17.5. The van der Waals surface area contributed by atoms with Gasteiger partial charge < -0.3 is 4.90 Å². The van der Waals surface area contributed by atoms with E-state index in [2.05, 4.69) is 33.7 Å². The number of nitrogens with zero attached hydrogens (tertiary/aromatic N) is 3. The number of aromatic nitrogens is 1. The summed E-state index contributed by atoms with van der Waals surface area (Å²) in [4.78, 5) is 7.07. The van der Waals surface area contributed by atoms with E-state index in [4.69, 9.17) is 11.6 Å². The molecule has 2 aromatic carbocycles. The zero-order valence-corrected chi connectivity index (χ0v) is 20.3. The summed E-state index contributed by atoms with van der Waals surface area (Å²) in [5.41, 5.74) is 1.63. The number of sulfonamides is 1. The fraction of sp³-hybridized carbons (Fsp3) is 0.292. The van der Waals surface area contributed by atoms with Gasteiger partial charge in [0.15, 0.2) is 0 Å². The van der Waals surface area contributed by atoms with Crippen LogP contribution in [-0.4, -0.2) is 44.5 Å². The second-order valence-electron chi connectivity index (χ2n) is 8.32. The van der Waals surface area contributed by atoms with Gasteiger partial charge in [-0.2, -0.15) is 4.39 Å². The Balaban J connectivity index is 1.51. The highest BCUT2D eigenvalue weighted by atomic mass is 35.5. The molecule has 6 nitrogen and oxygen atoms in total. The average Bonchev–Trinajstić information content (AvgIpc) is 3.30. The van der Waals surface area contributed by atoms with E-state index in [0.717, 1.165) is 37.7 Å². The van der Waals surface area contributed by atoms with Crippen molar-refractivity contribution in [3.05, 3.63) is 83.0 Å². The molecule has 1 aliphatic rings. The Hall–Kier alpha value is -2.75. The smallest absolute Gasteiger partial charge is 0.266 e. The highest BCUT2D eigenvalue weighted by Crippen LogP contribution is 2.34. The highest BCUT2D eigenvalue weighted by molar-refractivity contribution is 7.92. The molecule has 0 amide bonds. The van der Waals surface area contributed by atoms with Gasteiger partial charge in [-0.05, 0) is 37.1 Å². The number of likely N-dealkylation sites (N-methyl/N-ethyl adjacent to an activating group) is 1. The number of halogens is 3. The molecule has 1 aromatic heterocycles. The van der Waals surface area contributed by atoms with Gasteiger partial charge in [-0.25, -0.2) is 17.8 Å². The summed E-state index contributed by atoms with van der Waals surface area (Å²) in [6, 6.07) is 16.4. The molecule has 0 saturated carbocycles. The quantitative estimate of drug-likeness (QED) is 0.452. The number of hydrogen-bond donors (Lipinski definition) is 1. The van der Waals surface area contributed by atoms with E-state index in [1.807, 2.05) is 30.1 Å². The maximum absolute atomic E-state index is 15.0. The van der Waals surface area contributed by atoms with Crippen LogP contribution in [0.25, 0.3) is 0 Å². The predicted octanol–water partition coefficient (Wildman–Crippen LogP) is 5.09. The van der Waals surface area contributed by atoms with E-state index in [1.165, 1.54) is 17.7 Å². The first kappa shape index (κ1) is 24.4. The third kappa shape index (κ3) is 5.16. The van der Waals surface area contributed by atoms with Gasteiger partial charge in [-0.3, -0.25) is 9.62 Å². The first-order valence-corrected chi connectivity index (χ1v) is 12.7. The van der Waals surface area contributed by atoms with Crippen LogP contribution in [0.5, 0.6) is 0 Å². The second kappa shape index (κ2) is 9.85. The van der Waals surface area contributed by atoms with E-state index in [9.17, 15) is 17.2 Å². The fourth-order valence-electron chi connectivity index (χ4n) is 4.23. The number of rotatable bonds is 7. The molecule has 0 spiro atoms. The maximum Gasteiger partial charge on any atom is 0.266 e. The molecule has 34 heavy (non-hydrogen) atoms. The summed E-state index contributed by atoms with van der Waals surface area (Å²) >= 11 is 6.41. The van der Waals surface area contributed by atoms with Crippen LogP contribution in [0, 0.1) is 11.8 Å². The van der Waals surface area contributed by atoms with Crippen molar-refractivity contribution in [1.29, 1.82) is 0 Å². The molecule has 0 radical (unpaired) electrons. The minimum atomic E-state index is -4.36. The van der Waals surface area contributed by atoms with E-state index in [1.54, 1.807) is 0 Å². The molecule has 0 aliphatic carbocycles. The minimum absolute atomic E-state index is 0.0835. The Morgan fingerprint density at radius 1 is 1.15 bits per heavy atom. The van der Waals surface area contributed by atoms with E-state index < -0.39 is 26.7 Å². The minimum Gasteiger partial charge on any atom is -0.369 e. The first-order chi connectivity index (χ1) is 16.2. The Morgan fingerprint density at radius 2 is 1.88 bits per heavy atom. The van der Waals surface area contributed by atoms with Crippen LogP contribution in [0.1, 0.15) is 24.9 Å². The summed E-state index contributed by atoms with van der Waals surface area (Å²) < 4.78 is 55.7. The zero-order valence-electron chi connectivity index (χ0n) is 18.7. The Bertz CT molecular complexity index is 1280. The lowest BCUT2D eigenvalue weighted by Gasteiger charge is -2.30. The largest absolute Gasteiger partial charge is 0.369 e. The van der Waals surface area contributed by atoms with Gasteiger partial charge in [0.05, 0.1) is 10.7 Å². The number of anilines is 2. The van der Waals surface area contributed by atoms with Crippen LogP contribution in [0.3, 0.4) is 0 Å². The number of nitrogens with one attached hydrogen (secondary N) is 1. The second-order valence-corrected chi connectivity index (χ2v) is 10.4. The SMILES string of the molecule is C[C@@H](c1ccccc1)N1CC[C@H](N(C)c2cc(F)c(S(=O)(=O)Nc3cccc(F)n3)cc2Cl)C1. The molecule has 10 heteroatoms. The van der Waals surface area contributed by atoms with Crippen molar-refractivity contribution in [2.24, 2.45) is 0 Å². The van der Waals surface area contributed by atoms with Crippen LogP contribution in [-0.2, 0) is 10.0 Å². The van der Waals surface area contributed by atoms with Crippen LogP contribution in [0.4, 0.5) is 20.3 Å². The molecule has 0 unspecified atom stereocenters. The van der Waals surface area contributed by atoms with Crippen molar-refractivity contribution in [2.45, 2.75) is 30.3 Å². The molecule has 1 fully saturated rings. The summed E-state index contributed by atoms with van der Waals surface area (Å²) in [5, 5.41) is 0.103. The van der Waals surface area contributed by atoms with Crippen LogP contribution < -0.4 is 9.62 Å². The molecule has 2 heterocycles. The molecule has 0 bridgehead atoms. The Labute approximate surface area is 203 Å². The summed E-state index contributed by atoms with van der Waals surface area (Å²) in [6.07, 6.45) is 0.860. The monoisotopic (exact) mass is 506 g/mol. The lowest BCUT2D eigenvalue weighted by molar-refractivity contribution is 0.259. The van der Waals surface area contributed by atoms with Gasteiger partial charge in [0.25, 0.3) is 10.0 Å². The first-order valence-electron chi connectivity index (χ1n) is 10.8. The molecule has 1 N–H and O–H groups in total. The molecular weight excluding hydrogens is 482 g/mol. The van der Waals surface area contributed by atoms with Crippen molar-refractivity contribution in [1.82, 2.24) is 9.88 Å². The van der Waals surface area contributed by atoms with Crippen molar-refractivity contribution >= 4 is 33.1 Å². The lowest BCUT2D eigenvalue weighted by Crippen LogP contribution is -2.35. The summed E-state index contributed by atoms with van der Waals surface area (Å²) in [5.74, 6) is -2.07. The highest BCUT2D eigenvalue weighted by Gasteiger charge is 2.31. The molecular formula is C24H25ClF2N4O2S. The lowest BCUT2D eigenvalue weighted by atomic mass is 10.1. The molecule has 3 aromatic rings. The van der Waals surface area contributed by atoms with Crippen molar-refractivity contribution in [3.63, 3.8) is 0 Å². The van der Waals surface area contributed by atoms with E-state index >= 15 is 0 Å². The van der Waals surface area contributed by atoms with Crippen molar-refractivity contribution < 1.29 is 17.2 Å². The topological polar surface area (TPSA) is 65.5 Å². The summed E-state index contributed by atoms with van der Waals surface area (Å²) in [7, 11) is -2.54. The van der Waals surface area contributed by atoms with Gasteiger partial charge >= 0.3 is 0 Å². The van der Waals surface area contributed by atoms with Gasteiger partial charge in [-0.15, -0.1) is 0 Å². The van der Waals surface area contributed by atoms with Crippen molar-refractivity contribution in [3.8, 4) is 0 Å². The van der Waals surface area contributed by atoms with Crippen molar-refractivity contribution in [2.75, 3.05) is 29.8 Å². The third-order valence-corrected chi connectivity index (χ3v) is 7.87. The molecule has 180 valence electrons. The van der Waals surface area contributed by atoms with Gasteiger partial charge in [0, 0.05) is 38.3 Å². The van der Waals surface area contributed by atoms with Gasteiger partial charge in [-0.1, -0.05) is 48.0 Å². The molecule has 1 saturated heterocycles. The Morgan fingerprint density at radius 3 is 2.59 bits per heavy atom. The molecule has 2 atom stereocenters. The van der Waals surface area contributed by atoms with Crippen LogP contribution in [0.15, 0.2) is 65.6 Å². The van der Waals surface area contributed by atoms with E-state index in [-0.39, 0.29) is 22.9 Å². The molecule has 1 aliphatic heterocycles. The fourth-order valence-corrected chi connectivity index (χ4v) is 5.68.